The third kappa shape index (κ3) is 9.80. The zero-order valence-corrected chi connectivity index (χ0v) is 17.5. The lowest BCUT2D eigenvalue weighted by molar-refractivity contribution is 0.0527. The Morgan fingerprint density at radius 3 is 2.39 bits per heavy atom. The maximum Gasteiger partial charge on any atom is 0.407 e. The molecule has 2 amide bonds. The van der Waals surface area contributed by atoms with Gasteiger partial charge in [0.1, 0.15) is 5.60 Å². The first-order chi connectivity index (χ1) is 13.2. The van der Waals surface area contributed by atoms with Crippen molar-refractivity contribution in [1.29, 1.82) is 0 Å². The molecule has 0 saturated carbocycles. The first-order valence-electron chi connectivity index (χ1n) is 9.47. The van der Waals surface area contributed by atoms with Crippen molar-refractivity contribution in [1.82, 2.24) is 21.3 Å². The number of hydrogen-bond donors (Lipinski definition) is 4. The molecule has 4 N–H and O–H groups in total. The van der Waals surface area contributed by atoms with Crippen molar-refractivity contribution in [3.63, 3.8) is 0 Å². The summed E-state index contributed by atoms with van der Waals surface area (Å²) in [6, 6.07) is 7.55. The highest BCUT2D eigenvalue weighted by atomic mass is 16.6. The van der Waals surface area contributed by atoms with Gasteiger partial charge in [-0.3, -0.25) is 9.79 Å². The number of carbonyl (C=O) groups is 2. The summed E-state index contributed by atoms with van der Waals surface area (Å²) < 4.78 is 5.18. The van der Waals surface area contributed by atoms with Gasteiger partial charge in [0.25, 0.3) is 5.91 Å². The molecule has 0 atom stereocenters. The molecule has 0 spiro atoms. The third-order valence-corrected chi connectivity index (χ3v) is 3.66. The Kier molecular flexibility index (Phi) is 9.84. The van der Waals surface area contributed by atoms with Gasteiger partial charge in [0.15, 0.2) is 5.96 Å². The first kappa shape index (κ1) is 23.3. The van der Waals surface area contributed by atoms with Crippen LogP contribution in [0.3, 0.4) is 0 Å². The molecule has 0 fully saturated rings. The normalized spacial score (nSPS) is 11.5. The van der Waals surface area contributed by atoms with E-state index in [4.69, 9.17) is 4.74 Å². The highest BCUT2D eigenvalue weighted by Gasteiger charge is 2.15. The summed E-state index contributed by atoms with van der Waals surface area (Å²) in [4.78, 5) is 27.4. The van der Waals surface area contributed by atoms with Crippen LogP contribution in [0.2, 0.25) is 0 Å². The second-order valence-corrected chi connectivity index (χ2v) is 7.24. The van der Waals surface area contributed by atoms with E-state index in [1.54, 1.807) is 20.2 Å². The van der Waals surface area contributed by atoms with Crippen LogP contribution in [0.15, 0.2) is 29.3 Å². The predicted molar refractivity (Wildman–Crippen MR) is 112 cm³/mol. The minimum absolute atomic E-state index is 0.0905. The molecule has 8 nitrogen and oxygen atoms in total. The van der Waals surface area contributed by atoms with Crippen LogP contribution in [-0.2, 0) is 11.2 Å². The molecule has 28 heavy (non-hydrogen) atoms. The lowest BCUT2D eigenvalue weighted by atomic mass is 10.1. The van der Waals surface area contributed by atoms with Crippen LogP contribution >= 0.6 is 0 Å². The minimum Gasteiger partial charge on any atom is -0.444 e. The average molecular weight is 392 g/mol. The maximum absolute atomic E-state index is 11.7. The number of nitrogens with one attached hydrogen (secondary N) is 4. The molecule has 1 aromatic rings. The molecule has 156 valence electrons. The van der Waals surface area contributed by atoms with E-state index in [1.165, 1.54) is 0 Å². The van der Waals surface area contributed by atoms with Crippen LogP contribution in [0.4, 0.5) is 4.79 Å². The molecule has 1 aromatic carbocycles. The van der Waals surface area contributed by atoms with Crippen LogP contribution in [0, 0.1) is 0 Å². The van der Waals surface area contributed by atoms with E-state index in [9.17, 15) is 9.59 Å². The third-order valence-electron chi connectivity index (χ3n) is 3.66. The fraction of sp³-hybridized carbons (Fsp3) is 0.550. The second kappa shape index (κ2) is 11.8. The number of benzene rings is 1. The molecule has 0 aromatic heterocycles. The Bertz CT molecular complexity index is 668. The molecule has 0 saturated heterocycles. The SMILES string of the molecule is CN=C(NCCCNC(=O)OC(C)(C)C)NCCc1cccc(C(=O)NC)c1. The van der Waals surface area contributed by atoms with Crippen LogP contribution in [0.25, 0.3) is 0 Å². The Balaban J connectivity index is 2.25. The molecule has 0 unspecified atom stereocenters. The number of guanidine groups is 1. The van der Waals surface area contributed by atoms with Crippen molar-refractivity contribution in [3.05, 3.63) is 35.4 Å². The standard InChI is InChI=1S/C20H33N5O3/c1-20(2,3)28-19(27)25-12-7-11-23-18(22-5)24-13-10-15-8-6-9-16(14-15)17(26)21-4/h6,8-9,14H,7,10-13H2,1-5H3,(H,21,26)(H,25,27)(H2,22,23,24). The van der Waals surface area contributed by atoms with Crippen LogP contribution < -0.4 is 21.3 Å². The van der Waals surface area contributed by atoms with Crippen molar-refractivity contribution in [2.45, 2.75) is 39.2 Å². The molecule has 8 heteroatoms. The molecule has 0 heterocycles. The van der Waals surface area contributed by atoms with E-state index in [2.05, 4.69) is 26.3 Å². The maximum atomic E-state index is 11.7. The van der Waals surface area contributed by atoms with E-state index in [1.807, 2.05) is 39.0 Å². The van der Waals surface area contributed by atoms with Gasteiger partial charge in [0.05, 0.1) is 0 Å². The van der Waals surface area contributed by atoms with Gasteiger partial charge in [0, 0.05) is 39.3 Å². The molecule has 1 rings (SSSR count). The second-order valence-electron chi connectivity index (χ2n) is 7.24. The number of ether oxygens (including phenoxy) is 1. The zero-order valence-electron chi connectivity index (χ0n) is 17.5. The van der Waals surface area contributed by atoms with Gasteiger partial charge >= 0.3 is 6.09 Å². The highest BCUT2D eigenvalue weighted by molar-refractivity contribution is 5.94. The summed E-state index contributed by atoms with van der Waals surface area (Å²) in [7, 11) is 3.33. The van der Waals surface area contributed by atoms with Crippen LogP contribution in [-0.4, -0.2) is 57.3 Å². The first-order valence-corrected chi connectivity index (χ1v) is 9.47. The Labute approximate surface area is 167 Å². The summed E-state index contributed by atoms with van der Waals surface area (Å²) >= 11 is 0. The van der Waals surface area contributed by atoms with Gasteiger partial charge in [-0.05, 0) is 51.3 Å². The topological polar surface area (TPSA) is 104 Å². The van der Waals surface area contributed by atoms with Crippen molar-refractivity contribution in [2.75, 3.05) is 33.7 Å². The van der Waals surface area contributed by atoms with E-state index in [0.717, 1.165) is 18.4 Å². The molecule has 0 bridgehead atoms. The van der Waals surface area contributed by atoms with Crippen LogP contribution in [0.5, 0.6) is 0 Å². The van der Waals surface area contributed by atoms with Gasteiger partial charge in [-0.1, -0.05) is 12.1 Å². The summed E-state index contributed by atoms with van der Waals surface area (Å²) in [5.74, 6) is 0.604. The summed E-state index contributed by atoms with van der Waals surface area (Å²) in [6.45, 7) is 7.37. The van der Waals surface area contributed by atoms with Crippen molar-refractivity contribution >= 4 is 18.0 Å². The number of carbonyl (C=O) groups excluding carboxylic acids is 2. The largest absolute Gasteiger partial charge is 0.444 e. The van der Waals surface area contributed by atoms with E-state index in [-0.39, 0.29) is 5.91 Å². The lowest BCUT2D eigenvalue weighted by Gasteiger charge is -2.19. The minimum atomic E-state index is -0.492. The number of rotatable bonds is 8. The molecule has 0 radical (unpaired) electrons. The summed E-state index contributed by atoms with van der Waals surface area (Å²) in [5.41, 5.74) is 1.24. The number of amides is 2. The van der Waals surface area contributed by atoms with Crippen molar-refractivity contribution < 1.29 is 14.3 Å². The van der Waals surface area contributed by atoms with E-state index < -0.39 is 11.7 Å². The number of nitrogens with zero attached hydrogens (tertiary/aromatic N) is 1. The smallest absolute Gasteiger partial charge is 0.407 e. The van der Waals surface area contributed by atoms with Gasteiger partial charge in [-0.25, -0.2) is 4.79 Å². The summed E-state index contributed by atoms with van der Waals surface area (Å²) in [5, 5.41) is 11.8. The molecule has 0 aliphatic heterocycles. The molecule has 0 aliphatic rings. The Morgan fingerprint density at radius 1 is 1.07 bits per heavy atom. The average Bonchev–Trinajstić information content (AvgIpc) is 2.64. The van der Waals surface area contributed by atoms with Crippen LogP contribution in [0.1, 0.15) is 43.1 Å². The molecule has 0 aliphatic carbocycles. The van der Waals surface area contributed by atoms with Crippen molar-refractivity contribution in [3.8, 4) is 0 Å². The Hall–Kier alpha value is -2.77. The van der Waals surface area contributed by atoms with Crippen molar-refractivity contribution in [2.24, 2.45) is 4.99 Å². The fourth-order valence-corrected chi connectivity index (χ4v) is 2.36. The zero-order chi connectivity index (χ0) is 21.0. The van der Waals surface area contributed by atoms with E-state index in [0.29, 0.717) is 31.2 Å². The lowest BCUT2D eigenvalue weighted by Crippen LogP contribution is -2.40. The number of aliphatic imine (C=N–C) groups is 1. The number of hydrogen-bond acceptors (Lipinski definition) is 4. The Morgan fingerprint density at radius 2 is 1.75 bits per heavy atom. The monoisotopic (exact) mass is 391 g/mol. The number of alkyl carbamates (subject to hydrolysis) is 1. The summed E-state index contributed by atoms with van der Waals surface area (Å²) in [6.07, 6.45) is 1.11. The van der Waals surface area contributed by atoms with Gasteiger partial charge in [0.2, 0.25) is 0 Å². The molecular weight excluding hydrogens is 358 g/mol. The van der Waals surface area contributed by atoms with Gasteiger partial charge in [-0.2, -0.15) is 0 Å². The van der Waals surface area contributed by atoms with Gasteiger partial charge < -0.3 is 26.0 Å². The van der Waals surface area contributed by atoms with Gasteiger partial charge in [-0.15, -0.1) is 0 Å². The highest BCUT2D eigenvalue weighted by Crippen LogP contribution is 2.06. The predicted octanol–water partition coefficient (Wildman–Crippen LogP) is 1.67. The fourth-order valence-electron chi connectivity index (χ4n) is 2.36. The van der Waals surface area contributed by atoms with E-state index >= 15 is 0 Å². The molecular formula is C20H33N5O3. The quantitative estimate of drug-likeness (QED) is 0.307.